The quantitative estimate of drug-likeness (QED) is 0.877. The second-order valence-corrected chi connectivity index (χ2v) is 8.45. The zero-order chi connectivity index (χ0) is 13.9. The van der Waals surface area contributed by atoms with Gasteiger partial charge in [-0.05, 0) is 37.9 Å². The van der Waals surface area contributed by atoms with Crippen molar-refractivity contribution >= 4 is 21.4 Å². The van der Waals surface area contributed by atoms with Crippen LogP contribution in [0.2, 0.25) is 0 Å². The highest BCUT2D eigenvalue weighted by atomic mass is 32.2. The molecular formula is C13H22N2O2S2. The molecule has 1 fully saturated rings. The lowest BCUT2D eigenvalue weighted by Crippen LogP contribution is -2.37. The molecule has 1 saturated carbocycles. The van der Waals surface area contributed by atoms with Crippen LogP contribution in [0, 0.1) is 5.92 Å². The van der Waals surface area contributed by atoms with E-state index in [2.05, 4.69) is 17.0 Å². The fourth-order valence-electron chi connectivity index (χ4n) is 2.59. The molecule has 108 valence electrons. The molecule has 0 spiro atoms. The summed E-state index contributed by atoms with van der Waals surface area (Å²) >= 11 is 1.34. The monoisotopic (exact) mass is 302 g/mol. The van der Waals surface area contributed by atoms with E-state index in [1.165, 1.54) is 17.8 Å². The van der Waals surface area contributed by atoms with Crippen molar-refractivity contribution < 1.29 is 8.42 Å². The average molecular weight is 302 g/mol. The maximum Gasteiger partial charge on any atom is 0.250 e. The van der Waals surface area contributed by atoms with Crippen LogP contribution in [0.3, 0.4) is 0 Å². The maximum atomic E-state index is 12.3. The molecule has 1 aliphatic carbocycles. The van der Waals surface area contributed by atoms with E-state index in [9.17, 15) is 8.42 Å². The fraction of sp³-hybridized carbons (Fsp3) is 0.692. The van der Waals surface area contributed by atoms with E-state index < -0.39 is 10.0 Å². The summed E-state index contributed by atoms with van der Waals surface area (Å²) in [6, 6.07) is 3.68. The van der Waals surface area contributed by atoms with E-state index in [-0.39, 0.29) is 6.04 Å². The van der Waals surface area contributed by atoms with Crippen molar-refractivity contribution in [2.45, 2.75) is 49.4 Å². The molecule has 2 unspecified atom stereocenters. The highest BCUT2D eigenvalue weighted by Crippen LogP contribution is 2.26. The summed E-state index contributed by atoms with van der Waals surface area (Å²) in [5.74, 6) is 0.615. The molecule has 0 amide bonds. The molecule has 0 radical (unpaired) electrons. The Balaban J connectivity index is 2.04. The van der Waals surface area contributed by atoms with Crippen LogP contribution in [-0.4, -0.2) is 21.5 Å². The minimum atomic E-state index is -3.34. The Morgan fingerprint density at radius 3 is 2.84 bits per heavy atom. The average Bonchev–Trinajstić information content (AvgIpc) is 2.78. The number of hydrogen-bond acceptors (Lipinski definition) is 4. The fourth-order valence-corrected chi connectivity index (χ4v) is 5.26. The first-order valence-electron chi connectivity index (χ1n) is 6.77. The van der Waals surface area contributed by atoms with Crippen molar-refractivity contribution in [1.82, 2.24) is 10.0 Å². The lowest BCUT2D eigenvalue weighted by Gasteiger charge is -2.26. The Labute approximate surface area is 119 Å². The topological polar surface area (TPSA) is 58.2 Å². The van der Waals surface area contributed by atoms with Crippen molar-refractivity contribution in [2.75, 3.05) is 7.05 Å². The summed E-state index contributed by atoms with van der Waals surface area (Å²) < 4.78 is 27.9. The zero-order valence-electron chi connectivity index (χ0n) is 11.5. The van der Waals surface area contributed by atoms with E-state index in [0.29, 0.717) is 16.7 Å². The molecule has 0 saturated heterocycles. The Morgan fingerprint density at radius 1 is 1.37 bits per heavy atom. The highest BCUT2D eigenvalue weighted by Gasteiger charge is 2.25. The molecule has 2 rings (SSSR count). The number of rotatable bonds is 5. The predicted molar refractivity (Wildman–Crippen MR) is 78.8 cm³/mol. The van der Waals surface area contributed by atoms with Crippen molar-refractivity contribution in [3.63, 3.8) is 0 Å². The van der Waals surface area contributed by atoms with Gasteiger partial charge < -0.3 is 5.32 Å². The smallest absolute Gasteiger partial charge is 0.250 e. The Kier molecular flexibility index (Phi) is 5.00. The van der Waals surface area contributed by atoms with Crippen LogP contribution in [-0.2, 0) is 16.6 Å². The molecule has 1 aliphatic rings. The van der Waals surface area contributed by atoms with Gasteiger partial charge in [-0.1, -0.05) is 19.8 Å². The third-order valence-electron chi connectivity index (χ3n) is 3.51. The van der Waals surface area contributed by atoms with Gasteiger partial charge in [0.15, 0.2) is 0 Å². The van der Waals surface area contributed by atoms with Gasteiger partial charge in [-0.2, -0.15) is 0 Å². The Hall–Kier alpha value is -0.430. The van der Waals surface area contributed by atoms with Gasteiger partial charge in [-0.3, -0.25) is 0 Å². The first-order chi connectivity index (χ1) is 9.01. The van der Waals surface area contributed by atoms with Crippen molar-refractivity contribution in [2.24, 2.45) is 5.92 Å². The maximum absolute atomic E-state index is 12.3. The van der Waals surface area contributed by atoms with Crippen LogP contribution in [0.15, 0.2) is 16.3 Å². The van der Waals surface area contributed by atoms with Gasteiger partial charge >= 0.3 is 0 Å². The van der Waals surface area contributed by atoms with Gasteiger partial charge in [0.2, 0.25) is 10.0 Å². The van der Waals surface area contributed by atoms with Crippen LogP contribution < -0.4 is 10.0 Å². The molecule has 0 bridgehead atoms. The molecule has 1 aromatic rings. The van der Waals surface area contributed by atoms with E-state index >= 15 is 0 Å². The zero-order valence-corrected chi connectivity index (χ0v) is 13.1. The number of thiophene rings is 1. The van der Waals surface area contributed by atoms with E-state index in [1.807, 2.05) is 13.1 Å². The lowest BCUT2D eigenvalue weighted by molar-refractivity contribution is 0.327. The second kappa shape index (κ2) is 6.35. The number of sulfonamides is 1. The first-order valence-corrected chi connectivity index (χ1v) is 9.07. The summed E-state index contributed by atoms with van der Waals surface area (Å²) in [6.07, 6.45) is 4.24. The van der Waals surface area contributed by atoms with Crippen LogP contribution in [0.1, 0.15) is 37.5 Å². The molecule has 2 atom stereocenters. The van der Waals surface area contributed by atoms with Crippen LogP contribution in [0.4, 0.5) is 0 Å². The van der Waals surface area contributed by atoms with Gasteiger partial charge in [0.25, 0.3) is 0 Å². The minimum Gasteiger partial charge on any atom is -0.315 e. The molecule has 19 heavy (non-hydrogen) atoms. The molecule has 1 heterocycles. The molecule has 1 aromatic heterocycles. The van der Waals surface area contributed by atoms with Gasteiger partial charge in [0, 0.05) is 17.5 Å². The van der Waals surface area contributed by atoms with Gasteiger partial charge in [0.05, 0.1) is 0 Å². The molecule has 0 aromatic carbocycles. The summed E-state index contributed by atoms with van der Waals surface area (Å²) in [7, 11) is -1.48. The minimum absolute atomic E-state index is 0.101. The molecule has 6 heteroatoms. The first kappa shape index (κ1) is 15.0. The van der Waals surface area contributed by atoms with Gasteiger partial charge in [0.1, 0.15) is 4.21 Å². The summed E-state index contributed by atoms with van der Waals surface area (Å²) in [5, 5.41) is 3.03. The Bertz CT molecular complexity index is 510. The summed E-state index contributed by atoms with van der Waals surface area (Å²) in [6.45, 7) is 2.90. The van der Waals surface area contributed by atoms with Gasteiger partial charge in [-0.15, -0.1) is 11.3 Å². The third kappa shape index (κ3) is 4.02. The van der Waals surface area contributed by atoms with Crippen LogP contribution in [0.25, 0.3) is 0 Å². The molecule has 2 N–H and O–H groups in total. The number of nitrogens with one attached hydrogen (secondary N) is 2. The number of hydrogen-bond donors (Lipinski definition) is 2. The van der Waals surface area contributed by atoms with Crippen LogP contribution in [0.5, 0.6) is 0 Å². The largest absolute Gasteiger partial charge is 0.315 e. The normalized spacial score (nSPS) is 24.5. The standard InChI is InChI=1S/C13H22N2O2S2/c1-10-4-3-5-11(8-10)15-19(16,17)13-7-6-12(18-13)9-14-2/h6-7,10-11,14-15H,3-5,8-9H2,1-2H3. The third-order valence-corrected chi connectivity index (χ3v) is 6.61. The van der Waals surface area contributed by atoms with Crippen molar-refractivity contribution in [1.29, 1.82) is 0 Å². The second-order valence-electron chi connectivity index (χ2n) is 5.34. The van der Waals surface area contributed by atoms with E-state index in [1.54, 1.807) is 6.07 Å². The van der Waals surface area contributed by atoms with E-state index in [0.717, 1.165) is 24.1 Å². The van der Waals surface area contributed by atoms with Crippen molar-refractivity contribution in [3.05, 3.63) is 17.0 Å². The van der Waals surface area contributed by atoms with Crippen molar-refractivity contribution in [3.8, 4) is 0 Å². The molecule has 0 aliphatic heterocycles. The van der Waals surface area contributed by atoms with Gasteiger partial charge in [-0.25, -0.2) is 13.1 Å². The predicted octanol–water partition coefficient (Wildman–Crippen LogP) is 2.32. The SMILES string of the molecule is CNCc1ccc(S(=O)(=O)NC2CCCC(C)C2)s1. The molecule has 4 nitrogen and oxygen atoms in total. The molecular weight excluding hydrogens is 280 g/mol. The lowest BCUT2D eigenvalue weighted by atomic mass is 9.88. The summed E-state index contributed by atoms with van der Waals surface area (Å²) in [4.78, 5) is 1.04. The summed E-state index contributed by atoms with van der Waals surface area (Å²) in [5.41, 5.74) is 0. The van der Waals surface area contributed by atoms with Crippen LogP contribution >= 0.6 is 11.3 Å². The highest BCUT2D eigenvalue weighted by molar-refractivity contribution is 7.91. The Morgan fingerprint density at radius 2 is 2.16 bits per heavy atom. The van der Waals surface area contributed by atoms with E-state index in [4.69, 9.17) is 0 Å².